The quantitative estimate of drug-likeness (QED) is 0.292. The Morgan fingerprint density at radius 3 is 1.53 bits per heavy atom. The van der Waals surface area contributed by atoms with Crippen LogP contribution in [0.2, 0.25) is 0 Å². The molecular weight excluding hydrogens is 405 g/mol. The van der Waals surface area contributed by atoms with Crippen molar-refractivity contribution in [2.24, 2.45) is 0 Å². The zero-order valence-electron chi connectivity index (χ0n) is 8.73. The summed E-state index contributed by atoms with van der Waals surface area (Å²) in [6.07, 6.45) is -2.59. The Labute approximate surface area is 157 Å². The summed E-state index contributed by atoms with van der Waals surface area (Å²) >= 11 is 4.61. The van der Waals surface area contributed by atoms with E-state index < -0.39 is 12.2 Å². The Morgan fingerprint density at radius 1 is 1.00 bits per heavy atom. The standard InChI is InChI=1S/C6H8N2O4S.2BrH.2Mg/c9-5(10)7-2-1-3-8(4(7)13)6(11)12;;;;/h1-3H2,(H,9,10)(H,11,12);2*1H;;/q;;;2*+2/p-4. The van der Waals surface area contributed by atoms with Gasteiger partial charge in [0.2, 0.25) is 0 Å². The van der Waals surface area contributed by atoms with Crippen LogP contribution in [0.1, 0.15) is 6.42 Å². The number of carbonyl (C=O) groups excluding carboxylic acids is 2. The van der Waals surface area contributed by atoms with Gasteiger partial charge in [0.25, 0.3) is 0 Å². The Bertz CT molecular complexity index is 261. The minimum absolute atomic E-state index is 0. The van der Waals surface area contributed by atoms with Crippen molar-refractivity contribution >= 4 is 75.6 Å². The average Bonchev–Trinajstić information content (AvgIpc) is 2.03. The molecule has 6 nitrogen and oxygen atoms in total. The third-order valence-electron chi connectivity index (χ3n) is 1.67. The summed E-state index contributed by atoms with van der Waals surface area (Å²) in [5.41, 5.74) is 0. The molecule has 2 amide bonds. The smallest absolute Gasteiger partial charge is 1.00 e. The second-order valence-corrected chi connectivity index (χ2v) is 2.84. The summed E-state index contributed by atoms with van der Waals surface area (Å²) in [5, 5.41) is 20.6. The van der Waals surface area contributed by atoms with E-state index in [0.717, 1.165) is 0 Å². The molecular formula is C6H6Br2Mg2N2O4S. The summed E-state index contributed by atoms with van der Waals surface area (Å²) in [6, 6.07) is 0. The molecule has 0 aromatic heterocycles. The van der Waals surface area contributed by atoms with E-state index in [-0.39, 0.29) is 98.3 Å². The fraction of sp³-hybridized carbons (Fsp3) is 0.500. The van der Waals surface area contributed by atoms with E-state index in [1.54, 1.807) is 0 Å². The first-order chi connectivity index (χ1) is 6.04. The van der Waals surface area contributed by atoms with Crippen LogP contribution in [0, 0.1) is 0 Å². The van der Waals surface area contributed by atoms with Gasteiger partial charge in [0.05, 0.1) is 0 Å². The topological polar surface area (TPSA) is 86.7 Å². The molecule has 0 spiro atoms. The van der Waals surface area contributed by atoms with E-state index in [1.165, 1.54) is 0 Å². The monoisotopic (exact) mass is 408 g/mol. The predicted molar refractivity (Wildman–Crippen MR) is 52.9 cm³/mol. The predicted octanol–water partition coefficient (Wildman–Crippen LogP) is -8.79. The Hall–Kier alpha value is 1.12. The van der Waals surface area contributed by atoms with Crippen LogP contribution in [-0.4, -0.2) is 86.3 Å². The molecule has 0 bridgehead atoms. The van der Waals surface area contributed by atoms with Gasteiger partial charge in [-0.2, -0.15) is 0 Å². The van der Waals surface area contributed by atoms with Crippen molar-refractivity contribution < 1.29 is 53.8 Å². The van der Waals surface area contributed by atoms with E-state index >= 15 is 0 Å². The largest absolute Gasteiger partial charge is 2.00 e. The summed E-state index contributed by atoms with van der Waals surface area (Å²) in [4.78, 5) is 22.2. The first-order valence-electron chi connectivity index (χ1n) is 3.55. The number of rotatable bonds is 0. The van der Waals surface area contributed by atoms with Gasteiger partial charge >= 0.3 is 46.1 Å². The third kappa shape index (κ3) is 7.32. The fourth-order valence-corrected chi connectivity index (χ4v) is 1.39. The molecule has 1 heterocycles. The first kappa shape index (κ1) is 26.6. The summed E-state index contributed by atoms with van der Waals surface area (Å²) < 4.78 is 0. The van der Waals surface area contributed by atoms with Gasteiger partial charge in [-0.25, -0.2) is 0 Å². The molecule has 1 aliphatic rings. The van der Waals surface area contributed by atoms with Crippen molar-refractivity contribution in [1.82, 2.24) is 9.80 Å². The van der Waals surface area contributed by atoms with Gasteiger partial charge in [-0.05, 0) is 18.6 Å². The normalized spacial score (nSPS) is 13.3. The van der Waals surface area contributed by atoms with E-state index in [0.29, 0.717) is 16.2 Å². The van der Waals surface area contributed by atoms with Gasteiger partial charge < -0.3 is 63.6 Å². The van der Waals surface area contributed by atoms with Crippen molar-refractivity contribution in [3.05, 3.63) is 0 Å². The first-order valence-corrected chi connectivity index (χ1v) is 3.96. The van der Waals surface area contributed by atoms with Gasteiger partial charge in [-0.3, -0.25) is 0 Å². The second-order valence-electron chi connectivity index (χ2n) is 2.47. The van der Waals surface area contributed by atoms with Gasteiger partial charge in [-0.15, -0.1) is 0 Å². The molecule has 0 aliphatic carbocycles. The second kappa shape index (κ2) is 12.2. The van der Waals surface area contributed by atoms with Crippen LogP contribution >= 0.6 is 12.2 Å². The molecule has 17 heavy (non-hydrogen) atoms. The van der Waals surface area contributed by atoms with Crippen molar-refractivity contribution in [2.45, 2.75) is 6.42 Å². The van der Waals surface area contributed by atoms with E-state index in [2.05, 4.69) is 12.2 Å². The van der Waals surface area contributed by atoms with Crippen molar-refractivity contribution in [3.8, 4) is 0 Å². The molecule has 0 saturated carbocycles. The maximum Gasteiger partial charge on any atom is 2.00 e. The molecule has 1 saturated heterocycles. The number of carboxylic acid groups (broad SMARTS) is 2. The molecule has 0 unspecified atom stereocenters. The zero-order valence-corrected chi connectivity index (χ0v) is 15.5. The molecule has 11 heteroatoms. The number of nitrogens with zero attached hydrogens (tertiary/aromatic N) is 2. The van der Waals surface area contributed by atoms with E-state index in [4.69, 9.17) is 0 Å². The van der Waals surface area contributed by atoms with Crippen LogP contribution in [0.5, 0.6) is 0 Å². The zero-order chi connectivity index (χ0) is 10.0. The maximum atomic E-state index is 10.4. The molecule has 0 aromatic rings. The molecule has 1 aliphatic heterocycles. The minimum Gasteiger partial charge on any atom is -1.00 e. The van der Waals surface area contributed by atoms with Gasteiger partial charge in [0.1, 0.15) is 12.2 Å². The number of amides is 2. The number of carbonyl (C=O) groups is 2. The summed E-state index contributed by atoms with van der Waals surface area (Å²) in [7, 11) is 0. The van der Waals surface area contributed by atoms with Crippen LogP contribution in [-0.2, 0) is 0 Å². The molecule has 1 fully saturated rings. The van der Waals surface area contributed by atoms with Gasteiger partial charge in [-0.1, -0.05) is 0 Å². The van der Waals surface area contributed by atoms with Crippen LogP contribution in [0.4, 0.5) is 9.59 Å². The van der Waals surface area contributed by atoms with Crippen molar-refractivity contribution in [3.63, 3.8) is 0 Å². The van der Waals surface area contributed by atoms with Crippen LogP contribution < -0.4 is 44.2 Å². The number of hydrogen-bond donors (Lipinski definition) is 0. The van der Waals surface area contributed by atoms with Crippen LogP contribution in [0.15, 0.2) is 0 Å². The number of thiocarbonyl (C=S) groups is 1. The minimum atomic E-state index is -1.49. The molecule has 88 valence electrons. The SMILES string of the molecule is O=C([O-])N1CCCN(C(=O)[O-])C1=S.[Br-].[Br-].[Mg+2].[Mg+2]. The maximum absolute atomic E-state index is 10.4. The van der Waals surface area contributed by atoms with Gasteiger partial charge in [0.15, 0.2) is 5.11 Å². The summed E-state index contributed by atoms with van der Waals surface area (Å²) in [6.45, 7) is 0.343. The average molecular weight is 411 g/mol. The third-order valence-corrected chi connectivity index (χ3v) is 2.11. The Kier molecular flexibility index (Phi) is 19.1. The number of hydrogen-bond acceptors (Lipinski definition) is 5. The van der Waals surface area contributed by atoms with E-state index in [9.17, 15) is 19.8 Å². The van der Waals surface area contributed by atoms with Crippen molar-refractivity contribution in [2.75, 3.05) is 13.1 Å². The van der Waals surface area contributed by atoms with Gasteiger partial charge in [0, 0.05) is 13.1 Å². The molecule has 0 radical (unpaired) electrons. The molecule has 0 atom stereocenters. The van der Waals surface area contributed by atoms with E-state index in [1.807, 2.05) is 0 Å². The molecule has 1 rings (SSSR count). The Morgan fingerprint density at radius 2 is 1.29 bits per heavy atom. The molecule has 0 N–H and O–H groups in total. The molecule has 0 aromatic carbocycles. The van der Waals surface area contributed by atoms with Crippen molar-refractivity contribution in [1.29, 1.82) is 0 Å². The summed E-state index contributed by atoms with van der Waals surface area (Å²) in [5.74, 6) is 0. The van der Waals surface area contributed by atoms with Crippen LogP contribution in [0.25, 0.3) is 0 Å². The fourth-order valence-electron chi connectivity index (χ4n) is 1.06. The number of halogens is 2. The van der Waals surface area contributed by atoms with Crippen LogP contribution in [0.3, 0.4) is 0 Å². The Balaban J connectivity index is -0.000000211.